The van der Waals surface area contributed by atoms with Crippen molar-refractivity contribution in [1.82, 2.24) is 14.5 Å². The number of rotatable bonds is 3. The summed E-state index contributed by atoms with van der Waals surface area (Å²) < 4.78 is 7.71. The molecule has 2 aromatic rings. The first-order valence-corrected chi connectivity index (χ1v) is 7.47. The lowest BCUT2D eigenvalue weighted by Gasteiger charge is -2.32. The van der Waals surface area contributed by atoms with Gasteiger partial charge in [0.1, 0.15) is 0 Å². The van der Waals surface area contributed by atoms with Crippen molar-refractivity contribution < 1.29 is 9.53 Å². The highest BCUT2D eigenvalue weighted by molar-refractivity contribution is 7.13. The SMILES string of the molecule is Cc1ccc(C(=O)N2CCOC(Cn3ccnc3)C2)s1. The van der Waals surface area contributed by atoms with Crippen molar-refractivity contribution in [3.8, 4) is 0 Å². The Hall–Kier alpha value is -1.66. The number of carbonyl (C=O) groups is 1. The zero-order valence-corrected chi connectivity index (χ0v) is 12.2. The zero-order chi connectivity index (χ0) is 13.9. The Morgan fingerprint density at radius 2 is 2.45 bits per heavy atom. The lowest BCUT2D eigenvalue weighted by atomic mass is 10.2. The molecule has 20 heavy (non-hydrogen) atoms. The Labute approximate surface area is 121 Å². The van der Waals surface area contributed by atoms with Crippen molar-refractivity contribution in [1.29, 1.82) is 0 Å². The van der Waals surface area contributed by atoms with Crippen LogP contribution in [0.3, 0.4) is 0 Å². The van der Waals surface area contributed by atoms with Crippen molar-refractivity contribution in [3.63, 3.8) is 0 Å². The molecule has 1 atom stereocenters. The highest BCUT2D eigenvalue weighted by Gasteiger charge is 2.25. The largest absolute Gasteiger partial charge is 0.373 e. The van der Waals surface area contributed by atoms with E-state index in [9.17, 15) is 4.79 Å². The van der Waals surface area contributed by atoms with E-state index < -0.39 is 0 Å². The number of amides is 1. The number of hydrogen-bond acceptors (Lipinski definition) is 4. The predicted octanol–water partition coefficient (Wildman–Crippen LogP) is 1.79. The summed E-state index contributed by atoms with van der Waals surface area (Å²) in [5, 5.41) is 0. The van der Waals surface area contributed by atoms with Crippen molar-refractivity contribution >= 4 is 17.2 Å². The summed E-state index contributed by atoms with van der Waals surface area (Å²) in [7, 11) is 0. The van der Waals surface area contributed by atoms with Crippen LogP contribution < -0.4 is 0 Å². The molecule has 1 aliphatic heterocycles. The maximum Gasteiger partial charge on any atom is 0.264 e. The predicted molar refractivity (Wildman–Crippen MR) is 76.9 cm³/mol. The van der Waals surface area contributed by atoms with Gasteiger partial charge in [-0.05, 0) is 19.1 Å². The van der Waals surface area contributed by atoms with E-state index in [0.29, 0.717) is 19.7 Å². The summed E-state index contributed by atoms with van der Waals surface area (Å²) in [6, 6.07) is 3.89. The Morgan fingerprint density at radius 1 is 1.55 bits per heavy atom. The highest BCUT2D eigenvalue weighted by atomic mass is 32.1. The summed E-state index contributed by atoms with van der Waals surface area (Å²) in [6.07, 6.45) is 5.46. The molecule has 1 saturated heterocycles. The molecule has 106 valence electrons. The van der Waals surface area contributed by atoms with Gasteiger partial charge in [-0.2, -0.15) is 0 Å². The highest BCUT2D eigenvalue weighted by Crippen LogP contribution is 2.19. The lowest BCUT2D eigenvalue weighted by molar-refractivity contribution is -0.0284. The zero-order valence-electron chi connectivity index (χ0n) is 11.4. The quantitative estimate of drug-likeness (QED) is 0.866. The summed E-state index contributed by atoms with van der Waals surface area (Å²) in [5.74, 6) is 0.113. The molecule has 0 N–H and O–H groups in total. The van der Waals surface area contributed by atoms with E-state index in [1.807, 2.05) is 34.7 Å². The van der Waals surface area contributed by atoms with Crippen LogP contribution >= 0.6 is 11.3 Å². The number of ether oxygens (including phenoxy) is 1. The molecule has 1 amide bonds. The van der Waals surface area contributed by atoms with E-state index in [-0.39, 0.29) is 12.0 Å². The van der Waals surface area contributed by atoms with Gasteiger partial charge in [-0.15, -0.1) is 11.3 Å². The van der Waals surface area contributed by atoms with Gasteiger partial charge in [0.25, 0.3) is 5.91 Å². The number of aromatic nitrogens is 2. The van der Waals surface area contributed by atoms with Gasteiger partial charge < -0.3 is 14.2 Å². The van der Waals surface area contributed by atoms with Gasteiger partial charge >= 0.3 is 0 Å². The Bertz CT molecular complexity index is 579. The second kappa shape index (κ2) is 5.76. The molecule has 0 saturated carbocycles. The van der Waals surface area contributed by atoms with Crippen LogP contribution in [0.4, 0.5) is 0 Å². The fourth-order valence-corrected chi connectivity index (χ4v) is 3.18. The first-order chi connectivity index (χ1) is 9.72. The van der Waals surface area contributed by atoms with Crippen molar-refractivity contribution in [2.45, 2.75) is 19.6 Å². The van der Waals surface area contributed by atoms with Crippen molar-refractivity contribution in [3.05, 3.63) is 40.6 Å². The van der Waals surface area contributed by atoms with Gasteiger partial charge in [0.05, 0.1) is 30.5 Å². The van der Waals surface area contributed by atoms with Crippen LogP contribution in [0.5, 0.6) is 0 Å². The van der Waals surface area contributed by atoms with Crippen LogP contribution in [0.15, 0.2) is 30.9 Å². The van der Waals surface area contributed by atoms with Crippen molar-refractivity contribution in [2.24, 2.45) is 0 Å². The molecule has 2 aromatic heterocycles. The molecule has 1 unspecified atom stereocenters. The minimum absolute atomic E-state index is 0.0305. The Balaban J connectivity index is 1.64. The van der Waals surface area contributed by atoms with Crippen LogP contribution in [-0.4, -0.2) is 46.2 Å². The van der Waals surface area contributed by atoms with Gasteiger partial charge in [-0.25, -0.2) is 4.98 Å². The van der Waals surface area contributed by atoms with E-state index in [1.165, 1.54) is 0 Å². The van der Waals surface area contributed by atoms with E-state index >= 15 is 0 Å². The molecule has 5 nitrogen and oxygen atoms in total. The number of hydrogen-bond donors (Lipinski definition) is 0. The van der Waals surface area contributed by atoms with Crippen molar-refractivity contribution in [2.75, 3.05) is 19.7 Å². The standard InChI is InChI=1S/C14H17N3O2S/c1-11-2-3-13(20-11)14(18)17-6-7-19-12(9-17)8-16-5-4-15-10-16/h2-5,10,12H,6-9H2,1H3. The minimum Gasteiger partial charge on any atom is -0.373 e. The Morgan fingerprint density at radius 3 is 3.15 bits per heavy atom. The van der Waals surface area contributed by atoms with E-state index in [1.54, 1.807) is 23.9 Å². The first-order valence-electron chi connectivity index (χ1n) is 6.65. The maximum atomic E-state index is 12.4. The maximum absolute atomic E-state index is 12.4. The van der Waals surface area contributed by atoms with E-state index in [0.717, 1.165) is 16.3 Å². The second-order valence-electron chi connectivity index (χ2n) is 4.91. The third kappa shape index (κ3) is 2.91. The van der Waals surface area contributed by atoms with Gasteiger partial charge in [0.2, 0.25) is 0 Å². The molecular weight excluding hydrogens is 274 g/mol. The molecule has 0 spiro atoms. The topological polar surface area (TPSA) is 47.4 Å². The first kappa shape index (κ1) is 13.3. The van der Waals surface area contributed by atoms with Gasteiger partial charge in [0, 0.05) is 30.4 Å². The van der Waals surface area contributed by atoms with Crippen LogP contribution in [0.1, 0.15) is 14.5 Å². The third-order valence-corrected chi connectivity index (χ3v) is 4.34. The van der Waals surface area contributed by atoms with Crippen LogP contribution in [0.2, 0.25) is 0 Å². The summed E-state index contributed by atoms with van der Waals surface area (Å²) in [5.41, 5.74) is 0. The molecule has 6 heteroatoms. The van der Waals surface area contributed by atoms with E-state index in [4.69, 9.17) is 4.74 Å². The van der Waals surface area contributed by atoms with Crippen LogP contribution in [0.25, 0.3) is 0 Å². The van der Waals surface area contributed by atoms with Crippen LogP contribution in [-0.2, 0) is 11.3 Å². The summed E-state index contributed by atoms with van der Waals surface area (Å²) in [6.45, 7) is 4.63. The fraction of sp³-hybridized carbons (Fsp3) is 0.429. The molecule has 0 aromatic carbocycles. The minimum atomic E-state index is 0.0305. The number of carbonyl (C=O) groups excluding carboxylic acids is 1. The average molecular weight is 291 g/mol. The third-order valence-electron chi connectivity index (χ3n) is 3.35. The molecule has 0 aliphatic carbocycles. The molecule has 3 rings (SSSR count). The molecule has 3 heterocycles. The number of morpholine rings is 1. The second-order valence-corrected chi connectivity index (χ2v) is 6.20. The fourth-order valence-electron chi connectivity index (χ4n) is 2.35. The number of nitrogens with zero attached hydrogens (tertiary/aromatic N) is 3. The Kier molecular flexibility index (Phi) is 3.84. The van der Waals surface area contributed by atoms with Gasteiger partial charge in [0.15, 0.2) is 0 Å². The van der Waals surface area contributed by atoms with Gasteiger partial charge in [-0.3, -0.25) is 4.79 Å². The molecule has 1 aliphatic rings. The number of imidazole rings is 1. The molecular formula is C14H17N3O2S. The normalized spacial score (nSPS) is 19.2. The summed E-state index contributed by atoms with van der Waals surface area (Å²) >= 11 is 1.55. The van der Waals surface area contributed by atoms with Crippen LogP contribution in [0, 0.1) is 6.92 Å². The molecule has 1 fully saturated rings. The smallest absolute Gasteiger partial charge is 0.264 e. The molecule has 0 bridgehead atoms. The monoisotopic (exact) mass is 291 g/mol. The van der Waals surface area contributed by atoms with Gasteiger partial charge in [-0.1, -0.05) is 0 Å². The lowest BCUT2D eigenvalue weighted by Crippen LogP contribution is -2.46. The molecule has 0 radical (unpaired) electrons. The summed E-state index contributed by atoms with van der Waals surface area (Å²) in [4.78, 5) is 20.3. The van der Waals surface area contributed by atoms with E-state index in [2.05, 4.69) is 4.98 Å². The number of thiophene rings is 1. The number of aryl methyl sites for hydroxylation is 1. The average Bonchev–Trinajstić information content (AvgIpc) is 3.10.